The van der Waals surface area contributed by atoms with Gasteiger partial charge in [-0.1, -0.05) is 41.4 Å². The van der Waals surface area contributed by atoms with Crippen LogP contribution >= 0.6 is 57.6 Å². The number of halogens is 3. The van der Waals surface area contributed by atoms with Gasteiger partial charge in [0.1, 0.15) is 0 Å². The maximum Gasteiger partial charge on any atom is 0.252 e. The summed E-state index contributed by atoms with van der Waals surface area (Å²) in [5, 5.41) is 4.29. The summed E-state index contributed by atoms with van der Waals surface area (Å²) in [6.45, 7) is 0.608. The van der Waals surface area contributed by atoms with Crippen LogP contribution in [0.1, 0.15) is 15.9 Å². The zero-order valence-electron chi connectivity index (χ0n) is 11.6. The van der Waals surface area contributed by atoms with E-state index < -0.39 is 0 Å². The lowest BCUT2D eigenvalue weighted by Crippen LogP contribution is -2.26. The molecule has 0 atom stereocenters. The molecule has 2 aromatic rings. The summed E-state index contributed by atoms with van der Waals surface area (Å²) in [6.07, 6.45) is 0. The van der Waals surface area contributed by atoms with Gasteiger partial charge in [-0.25, -0.2) is 0 Å². The molecule has 1 amide bonds. The number of hydrogen-bond acceptors (Lipinski definition) is 2. The quantitative estimate of drug-likeness (QED) is 0.465. The largest absolute Gasteiger partial charge is 0.351 e. The lowest BCUT2D eigenvalue weighted by Gasteiger charge is -2.08. The van der Waals surface area contributed by atoms with Crippen LogP contribution in [0.25, 0.3) is 0 Å². The second-order valence-corrected chi connectivity index (χ2v) is 7.57. The van der Waals surface area contributed by atoms with Crippen molar-refractivity contribution in [2.45, 2.75) is 5.75 Å². The minimum Gasteiger partial charge on any atom is -0.351 e. The van der Waals surface area contributed by atoms with Gasteiger partial charge in [-0.15, -0.1) is 0 Å². The summed E-state index contributed by atoms with van der Waals surface area (Å²) in [4.78, 5) is 12.0. The van der Waals surface area contributed by atoms with Crippen LogP contribution in [0.3, 0.4) is 0 Å². The van der Waals surface area contributed by atoms with E-state index in [-0.39, 0.29) is 5.91 Å². The molecular formula is C16H14Cl2INOS. The highest BCUT2D eigenvalue weighted by atomic mass is 127. The number of benzene rings is 2. The van der Waals surface area contributed by atoms with Gasteiger partial charge in [0.15, 0.2) is 0 Å². The van der Waals surface area contributed by atoms with Crippen molar-refractivity contribution in [3.63, 3.8) is 0 Å². The van der Waals surface area contributed by atoms with Gasteiger partial charge in [0, 0.05) is 31.7 Å². The van der Waals surface area contributed by atoms with E-state index in [2.05, 4.69) is 27.9 Å². The molecule has 0 radical (unpaired) electrons. The van der Waals surface area contributed by atoms with Crippen molar-refractivity contribution in [1.82, 2.24) is 5.32 Å². The Morgan fingerprint density at radius 2 is 1.77 bits per heavy atom. The number of carbonyl (C=O) groups is 1. The van der Waals surface area contributed by atoms with E-state index in [0.717, 1.165) is 20.6 Å². The first-order valence-electron chi connectivity index (χ1n) is 6.63. The van der Waals surface area contributed by atoms with Gasteiger partial charge in [0.2, 0.25) is 0 Å². The first-order chi connectivity index (χ1) is 10.6. The smallest absolute Gasteiger partial charge is 0.252 e. The lowest BCUT2D eigenvalue weighted by atomic mass is 10.2. The van der Waals surface area contributed by atoms with Gasteiger partial charge >= 0.3 is 0 Å². The molecule has 0 heterocycles. The van der Waals surface area contributed by atoms with E-state index >= 15 is 0 Å². The molecule has 2 rings (SSSR count). The van der Waals surface area contributed by atoms with E-state index in [9.17, 15) is 4.79 Å². The topological polar surface area (TPSA) is 29.1 Å². The Morgan fingerprint density at radius 3 is 2.45 bits per heavy atom. The molecule has 0 aliphatic rings. The second-order valence-electron chi connectivity index (χ2n) is 4.49. The van der Waals surface area contributed by atoms with Crippen LogP contribution in [-0.2, 0) is 5.75 Å². The highest BCUT2D eigenvalue weighted by molar-refractivity contribution is 14.1. The Bertz CT molecular complexity index is 646. The summed E-state index contributed by atoms with van der Waals surface area (Å²) in [7, 11) is 0. The zero-order chi connectivity index (χ0) is 15.9. The normalized spacial score (nSPS) is 10.5. The van der Waals surface area contributed by atoms with Crippen LogP contribution in [-0.4, -0.2) is 18.2 Å². The van der Waals surface area contributed by atoms with Crippen LogP contribution in [0.4, 0.5) is 0 Å². The molecule has 22 heavy (non-hydrogen) atoms. The minimum atomic E-state index is -0.0404. The average Bonchev–Trinajstić information content (AvgIpc) is 2.49. The maximum absolute atomic E-state index is 12.0. The molecule has 0 fully saturated rings. The molecule has 116 valence electrons. The molecule has 0 spiro atoms. The average molecular weight is 466 g/mol. The van der Waals surface area contributed by atoms with Crippen LogP contribution in [0, 0.1) is 3.57 Å². The molecule has 0 saturated carbocycles. The van der Waals surface area contributed by atoms with Gasteiger partial charge < -0.3 is 5.32 Å². The molecule has 2 nitrogen and oxygen atoms in total. The molecule has 0 unspecified atom stereocenters. The molecule has 1 N–H and O–H groups in total. The molecule has 6 heteroatoms. The zero-order valence-corrected chi connectivity index (χ0v) is 16.1. The van der Waals surface area contributed by atoms with Crippen molar-refractivity contribution in [3.8, 4) is 0 Å². The monoisotopic (exact) mass is 465 g/mol. The Kier molecular flexibility index (Phi) is 7.34. The van der Waals surface area contributed by atoms with Crippen LogP contribution in [0.5, 0.6) is 0 Å². The SMILES string of the molecule is O=C(NCCSCc1c(Cl)cccc1Cl)c1ccccc1I. The minimum absolute atomic E-state index is 0.0404. The summed E-state index contributed by atoms with van der Waals surface area (Å²) < 4.78 is 0.952. The van der Waals surface area contributed by atoms with Crippen molar-refractivity contribution in [1.29, 1.82) is 0 Å². The van der Waals surface area contributed by atoms with Crippen molar-refractivity contribution in [3.05, 3.63) is 67.2 Å². The van der Waals surface area contributed by atoms with Gasteiger partial charge in [0.05, 0.1) is 5.56 Å². The fraction of sp³-hybridized carbons (Fsp3) is 0.188. The Morgan fingerprint density at radius 1 is 1.09 bits per heavy atom. The van der Waals surface area contributed by atoms with E-state index in [1.54, 1.807) is 11.8 Å². The van der Waals surface area contributed by atoms with Gasteiger partial charge in [0.25, 0.3) is 5.91 Å². The molecule has 0 aliphatic heterocycles. The third-order valence-corrected chi connectivity index (χ3v) is 5.59. The molecule has 0 aliphatic carbocycles. The number of nitrogens with one attached hydrogen (secondary N) is 1. The third kappa shape index (κ3) is 5.05. The fourth-order valence-electron chi connectivity index (χ4n) is 1.82. The number of amides is 1. The molecular weight excluding hydrogens is 452 g/mol. The van der Waals surface area contributed by atoms with E-state index in [1.165, 1.54) is 0 Å². The van der Waals surface area contributed by atoms with Gasteiger partial charge in [-0.2, -0.15) is 11.8 Å². The second kappa shape index (κ2) is 9.01. The lowest BCUT2D eigenvalue weighted by molar-refractivity contribution is 0.0955. The molecule has 0 bridgehead atoms. The predicted octanol–water partition coefficient (Wildman–Crippen LogP) is 5.26. The van der Waals surface area contributed by atoms with Crippen molar-refractivity contribution < 1.29 is 4.79 Å². The number of thioether (sulfide) groups is 1. The third-order valence-electron chi connectivity index (χ3n) is 2.96. The van der Waals surface area contributed by atoms with Crippen molar-refractivity contribution in [2.24, 2.45) is 0 Å². The number of hydrogen-bond donors (Lipinski definition) is 1. The summed E-state index contributed by atoms with van der Waals surface area (Å²) in [5.74, 6) is 1.50. The van der Waals surface area contributed by atoms with Gasteiger partial charge in [-0.05, 0) is 52.4 Å². The molecule has 0 aromatic heterocycles. The summed E-state index contributed by atoms with van der Waals surface area (Å²) in [5.41, 5.74) is 1.65. The van der Waals surface area contributed by atoms with E-state index in [1.807, 2.05) is 42.5 Å². The predicted molar refractivity (Wildman–Crippen MR) is 104 cm³/mol. The molecule has 2 aromatic carbocycles. The highest BCUT2D eigenvalue weighted by Crippen LogP contribution is 2.27. The van der Waals surface area contributed by atoms with Gasteiger partial charge in [-0.3, -0.25) is 4.79 Å². The highest BCUT2D eigenvalue weighted by Gasteiger charge is 2.08. The Hall–Kier alpha value is -0.430. The summed E-state index contributed by atoms with van der Waals surface area (Å²) >= 11 is 16.1. The van der Waals surface area contributed by atoms with Crippen molar-refractivity contribution in [2.75, 3.05) is 12.3 Å². The van der Waals surface area contributed by atoms with Crippen molar-refractivity contribution >= 4 is 63.5 Å². The number of rotatable bonds is 6. The first kappa shape index (κ1) is 17.9. The number of carbonyl (C=O) groups excluding carboxylic acids is 1. The fourth-order valence-corrected chi connectivity index (χ4v) is 4.05. The maximum atomic E-state index is 12.0. The first-order valence-corrected chi connectivity index (χ1v) is 9.62. The van der Waals surface area contributed by atoms with Crippen LogP contribution in [0.15, 0.2) is 42.5 Å². The van der Waals surface area contributed by atoms with E-state index in [4.69, 9.17) is 23.2 Å². The Labute approximate surface area is 158 Å². The van der Waals surface area contributed by atoms with Crippen LogP contribution in [0.2, 0.25) is 10.0 Å². The van der Waals surface area contributed by atoms with Crippen LogP contribution < -0.4 is 5.32 Å². The standard InChI is InChI=1S/C16H14Cl2INOS/c17-13-5-3-6-14(18)12(13)10-22-9-8-20-16(21)11-4-1-2-7-15(11)19/h1-7H,8-10H2,(H,20,21). The Balaban J connectivity index is 1.76. The molecule has 0 saturated heterocycles. The summed E-state index contributed by atoms with van der Waals surface area (Å²) in [6, 6.07) is 13.0. The van der Waals surface area contributed by atoms with E-state index in [0.29, 0.717) is 22.2 Å².